The van der Waals surface area contributed by atoms with Crippen molar-refractivity contribution in [3.63, 3.8) is 0 Å². The topological polar surface area (TPSA) is 76.7 Å². The van der Waals surface area contributed by atoms with Crippen LogP contribution in [0.1, 0.15) is 43.7 Å². The number of rotatable bonds is 3. The normalized spacial score (nSPS) is 29.3. The molecule has 2 aliphatic carbocycles. The minimum absolute atomic E-state index is 0.330. The van der Waals surface area contributed by atoms with Gasteiger partial charge in [0, 0.05) is 18.0 Å². The highest BCUT2D eigenvalue weighted by atomic mass is 15.2. The van der Waals surface area contributed by atoms with Crippen molar-refractivity contribution in [3.05, 3.63) is 11.9 Å². The molecule has 5 heteroatoms. The van der Waals surface area contributed by atoms with Gasteiger partial charge in [0.15, 0.2) is 0 Å². The zero-order valence-corrected chi connectivity index (χ0v) is 9.26. The van der Waals surface area contributed by atoms with Crippen LogP contribution in [0.2, 0.25) is 0 Å². The number of aromatic nitrogens is 3. The number of nitrogens with two attached hydrogens (primary N) is 1. The Balaban J connectivity index is 1.61. The van der Waals surface area contributed by atoms with Crippen LogP contribution < -0.4 is 11.1 Å². The van der Waals surface area contributed by atoms with Gasteiger partial charge in [-0.25, -0.2) is 4.98 Å². The van der Waals surface area contributed by atoms with Gasteiger partial charge in [-0.3, -0.25) is 0 Å². The quantitative estimate of drug-likeness (QED) is 0.794. The number of hydrogen-bond acceptors (Lipinski definition) is 5. The third kappa shape index (κ3) is 2.14. The zero-order valence-electron chi connectivity index (χ0n) is 9.26. The summed E-state index contributed by atoms with van der Waals surface area (Å²) in [5, 5.41) is 11.6. The molecule has 0 amide bonds. The van der Waals surface area contributed by atoms with E-state index in [9.17, 15) is 0 Å². The van der Waals surface area contributed by atoms with Gasteiger partial charge in [-0.2, -0.15) is 0 Å². The van der Waals surface area contributed by atoms with Crippen molar-refractivity contribution >= 4 is 5.95 Å². The van der Waals surface area contributed by atoms with Crippen LogP contribution in [0, 0.1) is 0 Å². The molecule has 0 bridgehead atoms. The second kappa shape index (κ2) is 3.97. The van der Waals surface area contributed by atoms with Gasteiger partial charge in [0.1, 0.15) is 0 Å². The van der Waals surface area contributed by atoms with Crippen molar-refractivity contribution < 1.29 is 0 Å². The van der Waals surface area contributed by atoms with Crippen LogP contribution in [0.15, 0.2) is 6.20 Å². The molecule has 2 unspecified atom stereocenters. The third-order valence-corrected chi connectivity index (χ3v) is 3.38. The zero-order chi connectivity index (χ0) is 11.0. The highest BCUT2D eigenvalue weighted by molar-refractivity contribution is 5.25. The largest absolute Gasteiger partial charge is 0.350 e. The van der Waals surface area contributed by atoms with Gasteiger partial charge in [-0.15, -0.1) is 10.2 Å². The molecule has 16 heavy (non-hydrogen) atoms. The molecule has 1 aromatic heterocycles. The second-order valence-corrected chi connectivity index (χ2v) is 4.90. The van der Waals surface area contributed by atoms with E-state index in [0.29, 0.717) is 23.9 Å². The molecule has 0 aliphatic heterocycles. The van der Waals surface area contributed by atoms with E-state index in [1.807, 2.05) is 6.20 Å². The van der Waals surface area contributed by atoms with E-state index in [1.54, 1.807) is 0 Å². The van der Waals surface area contributed by atoms with Gasteiger partial charge in [-0.05, 0) is 32.1 Å². The van der Waals surface area contributed by atoms with Crippen LogP contribution in [0.3, 0.4) is 0 Å². The Hall–Kier alpha value is -1.23. The predicted octanol–water partition coefficient (Wildman–Crippen LogP) is 1.04. The Morgan fingerprint density at radius 2 is 2.06 bits per heavy atom. The molecule has 0 saturated heterocycles. The molecule has 5 nitrogen and oxygen atoms in total. The van der Waals surface area contributed by atoms with Gasteiger partial charge in [0.25, 0.3) is 0 Å². The van der Waals surface area contributed by atoms with Crippen molar-refractivity contribution in [1.82, 2.24) is 15.2 Å². The lowest BCUT2D eigenvalue weighted by atomic mass is 10.2. The Morgan fingerprint density at radius 1 is 1.19 bits per heavy atom. The molecule has 1 aromatic rings. The number of nitrogens with one attached hydrogen (secondary N) is 1. The molecule has 2 atom stereocenters. The predicted molar refractivity (Wildman–Crippen MR) is 61.0 cm³/mol. The Kier molecular flexibility index (Phi) is 2.47. The first-order valence-corrected chi connectivity index (χ1v) is 6.03. The summed E-state index contributed by atoms with van der Waals surface area (Å²) in [5.74, 6) is 1.26. The minimum atomic E-state index is 0.330. The monoisotopic (exact) mass is 219 g/mol. The lowest BCUT2D eigenvalue weighted by Crippen LogP contribution is -2.22. The third-order valence-electron chi connectivity index (χ3n) is 3.38. The maximum atomic E-state index is 5.85. The van der Waals surface area contributed by atoms with E-state index < -0.39 is 0 Å². The van der Waals surface area contributed by atoms with Gasteiger partial charge in [-0.1, -0.05) is 0 Å². The lowest BCUT2D eigenvalue weighted by molar-refractivity contribution is 0.682. The summed E-state index contributed by atoms with van der Waals surface area (Å²) in [6, 6.07) is 0.750. The van der Waals surface area contributed by atoms with E-state index in [-0.39, 0.29) is 0 Å². The van der Waals surface area contributed by atoms with Crippen LogP contribution in [-0.4, -0.2) is 27.3 Å². The molecule has 1 heterocycles. The summed E-state index contributed by atoms with van der Waals surface area (Å²) in [6.45, 7) is 0. The van der Waals surface area contributed by atoms with Crippen LogP contribution in [0.25, 0.3) is 0 Å². The van der Waals surface area contributed by atoms with E-state index in [2.05, 4.69) is 20.5 Å². The summed E-state index contributed by atoms with van der Waals surface area (Å²) in [5.41, 5.74) is 6.89. The standard InChI is InChI=1S/C11H17N5/c12-8-3-4-9(5-8)14-11-13-6-10(15-16-11)7-1-2-7/h6-9H,1-5,12H2,(H,13,14,16). The fourth-order valence-corrected chi connectivity index (χ4v) is 2.25. The average Bonchev–Trinajstić information content (AvgIpc) is 3.05. The van der Waals surface area contributed by atoms with E-state index in [1.165, 1.54) is 12.8 Å². The molecular weight excluding hydrogens is 202 g/mol. The first kappa shape index (κ1) is 9.96. The molecule has 0 spiro atoms. The summed E-state index contributed by atoms with van der Waals surface area (Å²) in [4.78, 5) is 4.30. The average molecular weight is 219 g/mol. The first-order chi connectivity index (χ1) is 7.81. The van der Waals surface area contributed by atoms with Gasteiger partial charge >= 0.3 is 0 Å². The summed E-state index contributed by atoms with van der Waals surface area (Å²) >= 11 is 0. The van der Waals surface area contributed by atoms with Crippen molar-refractivity contribution in [2.45, 2.75) is 50.1 Å². The van der Waals surface area contributed by atoms with E-state index in [4.69, 9.17) is 5.73 Å². The van der Waals surface area contributed by atoms with E-state index in [0.717, 1.165) is 25.0 Å². The first-order valence-electron chi connectivity index (χ1n) is 6.03. The molecule has 2 aliphatic rings. The Labute approximate surface area is 94.9 Å². The maximum Gasteiger partial charge on any atom is 0.242 e. The molecule has 86 valence electrons. The van der Waals surface area contributed by atoms with Gasteiger partial charge < -0.3 is 11.1 Å². The van der Waals surface area contributed by atoms with Crippen molar-refractivity contribution in [2.75, 3.05) is 5.32 Å². The fourth-order valence-electron chi connectivity index (χ4n) is 2.25. The molecular formula is C11H17N5. The van der Waals surface area contributed by atoms with Crippen LogP contribution in [0.4, 0.5) is 5.95 Å². The van der Waals surface area contributed by atoms with Crippen LogP contribution in [-0.2, 0) is 0 Å². The molecule has 0 aromatic carbocycles. The number of nitrogens with zero attached hydrogens (tertiary/aromatic N) is 3. The Bertz CT molecular complexity index is 359. The summed E-state index contributed by atoms with van der Waals surface area (Å²) < 4.78 is 0. The molecule has 3 N–H and O–H groups in total. The summed E-state index contributed by atoms with van der Waals surface area (Å²) in [6.07, 6.45) is 7.52. The number of hydrogen-bond donors (Lipinski definition) is 2. The lowest BCUT2D eigenvalue weighted by Gasteiger charge is -2.11. The number of anilines is 1. The highest BCUT2D eigenvalue weighted by Crippen LogP contribution is 2.38. The van der Waals surface area contributed by atoms with Crippen LogP contribution >= 0.6 is 0 Å². The highest BCUT2D eigenvalue weighted by Gasteiger charge is 2.26. The van der Waals surface area contributed by atoms with E-state index >= 15 is 0 Å². The van der Waals surface area contributed by atoms with Crippen LogP contribution in [0.5, 0.6) is 0 Å². The SMILES string of the molecule is NC1CCC(Nc2ncc(C3CC3)nn2)C1. The maximum absolute atomic E-state index is 5.85. The van der Waals surface area contributed by atoms with Crippen molar-refractivity contribution in [1.29, 1.82) is 0 Å². The summed E-state index contributed by atoms with van der Waals surface area (Å²) in [7, 11) is 0. The molecule has 2 fully saturated rings. The Morgan fingerprint density at radius 3 is 2.62 bits per heavy atom. The molecule has 0 radical (unpaired) electrons. The molecule has 3 rings (SSSR count). The fraction of sp³-hybridized carbons (Fsp3) is 0.727. The van der Waals surface area contributed by atoms with Gasteiger partial charge in [0.2, 0.25) is 5.95 Å². The minimum Gasteiger partial charge on any atom is -0.350 e. The molecule has 2 saturated carbocycles. The van der Waals surface area contributed by atoms with Gasteiger partial charge in [0.05, 0.1) is 11.9 Å². The second-order valence-electron chi connectivity index (χ2n) is 4.90. The smallest absolute Gasteiger partial charge is 0.242 e. The van der Waals surface area contributed by atoms with Crippen molar-refractivity contribution in [2.24, 2.45) is 5.73 Å². The van der Waals surface area contributed by atoms with Crippen molar-refractivity contribution in [3.8, 4) is 0 Å².